The highest BCUT2D eigenvalue weighted by Crippen LogP contribution is 2.64. The average molecular weight is 365 g/mol. The Balaban J connectivity index is 1.35. The Kier molecular flexibility index (Phi) is 3.85. The van der Waals surface area contributed by atoms with Crippen molar-refractivity contribution in [3.8, 4) is 0 Å². The Morgan fingerprint density at radius 1 is 1.30 bits per heavy atom. The predicted octanol–water partition coefficient (Wildman–Crippen LogP) is 2.72. The first kappa shape index (κ1) is 16.9. The smallest absolute Gasteiger partial charge is 0.226 e. The van der Waals surface area contributed by atoms with Gasteiger partial charge < -0.3 is 5.32 Å². The molecule has 6 rings (SSSR count). The molecule has 27 heavy (non-hydrogen) atoms. The summed E-state index contributed by atoms with van der Waals surface area (Å²) in [6, 6.07) is 6.03. The Labute approximate surface area is 159 Å². The molecule has 4 aliphatic rings. The molecule has 4 bridgehead atoms. The minimum Gasteiger partial charge on any atom is -0.353 e. The maximum absolute atomic E-state index is 13.4. The Hall–Kier alpha value is -2.24. The Morgan fingerprint density at radius 3 is 2.78 bits per heavy atom. The van der Waals surface area contributed by atoms with Crippen LogP contribution in [0.15, 0.2) is 37.1 Å². The molecule has 6 nitrogen and oxygen atoms in total. The van der Waals surface area contributed by atoms with E-state index in [-0.39, 0.29) is 22.9 Å². The molecule has 0 aromatic carbocycles. The summed E-state index contributed by atoms with van der Waals surface area (Å²) in [6.45, 7) is 2.08. The number of carbonyl (C=O) groups excluding carboxylic acids is 1. The van der Waals surface area contributed by atoms with E-state index in [4.69, 9.17) is 0 Å². The molecular weight excluding hydrogens is 338 g/mol. The standard InChI is InChI=1S/C21H27N5O/c1-15(6-18-4-2-3-5-23-18)25-19(27)20-8-16-7-17(9-20)11-21(10-16,12-20)26-14-22-13-24-26/h2-5,13-17H,6-12H2,1H3,(H,25,27). The van der Waals surface area contributed by atoms with Gasteiger partial charge in [0.15, 0.2) is 0 Å². The SMILES string of the molecule is CC(Cc1ccccn1)NC(=O)C12CC3CC(C1)CC(n1cncn1)(C3)C2. The Morgan fingerprint density at radius 2 is 2.11 bits per heavy atom. The van der Waals surface area contributed by atoms with Crippen LogP contribution in [0.25, 0.3) is 0 Å². The molecule has 4 saturated carbocycles. The summed E-state index contributed by atoms with van der Waals surface area (Å²) in [4.78, 5) is 22.0. The predicted molar refractivity (Wildman–Crippen MR) is 101 cm³/mol. The molecule has 6 heteroatoms. The van der Waals surface area contributed by atoms with Crippen LogP contribution in [0.4, 0.5) is 0 Å². The second-order valence-electron chi connectivity index (χ2n) is 9.21. The van der Waals surface area contributed by atoms with Crippen molar-refractivity contribution in [2.75, 3.05) is 0 Å². The molecule has 0 radical (unpaired) electrons. The summed E-state index contributed by atoms with van der Waals surface area (Å²) in [7, 11) is 0. The van der Waals surface area contributed by atoms with Crippen LogP contribution < -0.4 is 5.32 Å². The number of amides is 1. The van der Waals surface area contributed by atoms with E-state index < -0.39 is 0 Å². The van der Waals surface area contributed by atoms with Gasteiger partial charge in [-0.25, -0.2) is 9.67 Å². The molecule has 1 amide bonds. The van der Waals surface area contributed by atoms with Gasteiger partial charge in [-0.3, -0.25) is 9.78 Å². The van der Waals surface area contributed by atoms with E-state index in [0.29, 0.717) is 11.8 Å². The van der Waals surface area contributed by atoms with Crippen LogP contribution in [0.2, 0.25) is 0 Å². The van der Waals surface area contributed by atoms with Gasteiger partial charge in [0.25, 0.3) is 0 Å². The van der Waals surface area contributed by atoms with Crippen LogP contribution in [-0.4, -0.2) is 31.7 Å². The van der Waals surface area contributed by atoms with E-state index in [0.717, 1.165) is 44.2 Å². The maximum Gasteiger partial charge on any atom is 0.226 e. The summed E-state index contributed by atoms with van der Waals surface area (Å²) in [5.74, 6) is 1.50. The highest BCUT2D eigenvalue weighted by atomic mass is 16.2. The molecule has 1 N–H and O–H groups in total. The third-order valence-electron chi connectivity index (χ3n) is 7.04. The summed E-state index contributed by atoms with van der Waals surface area (Å²) < 4.78 is 2.06. The average Bonchev–Trinajstić information content (AvgIpc) is 3.17. The molecule has 3 atom stereocenters. The fraction of sp³-hybridized carbons (Fsp3) is 0.619. The molecular formula is C21H27N5O. The van der Waals surface area contributed by atoms with E-state index in [1.165, 1.54) is 6.42 Å². The first-order valence-corrected chi connectivity index (χ1v) is 10.1. The normalized spacial score (nSPS) is 35.1. The molecule has 2 heterocycles. The van der Waals surface area contributed by atoms with Crippen LogP contribution in [0.5, 0.6) is 0 Å². The number of pyridine rings is 1. The Bertz CT molecular complexity index is 804. The van der Waals surface area contributed by atoms with Crippen molar-refractivity contribution in [1.29, 1.82) is 0 Å². The number of rotatable bonds is 5. The monoisotopic (exact) mass is 365 g/mol. The fourth-order valence-corrected chi connectivity index (χ4v) is 6.46. The van der Waals surface area contributed by atoms with Gasteiger partial charge in [-0.05, 0) is 69.4 Å². The quantitative estimate of drug-likeness (QED) is 0.884. The number of hydrogen-bond acceptors (Lipinski definition) is 4. The molecule has 4 aliphatic carbocycles. The third kappa shape index (κ3) is 2.86. The second kappa shape index (κ2) is 6.14. The van der Waals surface area contributed by atoms with E-state index in [1.54, 1.807) is 6.33 Å². The lowest BCUT2D eigenvalue weighted by atomic mass is 9.46. The zero-order chi connectivity index (χ0) is 18.5. The van der Waals surface area contributed by atoms with Crippen molar-refractivity contribution in [2.24, 2.45) is 17.3 Å². The highest BCUT2D eigenvalue weighted by Gasteiger charge is 2.61. The number of aromatic nitrogens is 4. The molecule has 0 saturated heterocycles. The first-order chi connectivity index (χ1) is 13.1. The lowest BCUT2D eigenvalue weighted by Gasteiger charge is -2.61. The van der Waals surface area contributed by atoms with E-state index in [1.807, 2.05) is 30.7 Å². The van der Waals surface area contributed by atoms with Crippen molar-refractivity contribution in [2.45, 2.75) is 63.5 Å². The van der Waals surface area contributed by atoms with Gasteiger partial charge in [0, 0.05) is 24.4 Å². The van der Waals surface area contributed by atoms with Crippen LogP contribution in [-0.2, 0) is 16.8 Å². The maximum atomic E-state index is 13.4. The van der Waals surface area contributed by atoms with Crippen molar-refractivity contribution in [3.05, 3.63) is 42.7 Å². The first-order valence-electron chi connectivity index (χ1n) is 10.1. The molecule has 3 unspecified atom stereocenters. The van der Waals surface area contributed by atoms with Crippen molar-refractivity contribution < 1.29 is 4.79 Å². The van der Waals surface area contributed by atoms with Gasteiger partial charge >= 0.3 is 0 Å². The van der Waals surface area contributed by atoms with Crippen LogP contribution in [0.1, 0.15) is 51.1 Å². The summed E-state index contributed by atoms with van der Waals surface area (Å²) in [6.07, 6.45) is 12.6. The van der Waals surface area contributed by atoms with Crippen molar-refractivity contribution in [3.63, 3.8) is 0 Å². The molecule has 0 spiro atoms. The van der Waals surface area contributed by atoms with Gasteiger partial charge in [0.2, 0.25) is 5.91 Å². The zero-order valence-corrected chi connectivity index (χ0v) is 15.8. The van der Waals surface area contributed by atoms with E-state index >= 15 is 0 Å². The van der Waals surface area contributed by atoms with E-state index in [9.17, 15) is 4.79 Å². The second-order valence-corrected chi connectivity index (χ2v) is 9.21. The minimum atomic E-state index is -0.242. The fourth-order valence-electron chi connectivity index (χ4n) is 6.46. The number of nitrogens with zero attached hydrogens (tertiary/aromatic N) is 4. The van der Waals surface area contributed by atoms with E-state index in [2.05, 4.69) is 32.0 Å². The molecule has 0 aliphatic heterocycles. The lowest BCUT2D eigenvalue weighted by Crippen LogP contribution is -2.61. The number of hydrogen-bond donors (Lipinski definition) is 1. The van der Waals surface area contributed by atoms with Crippen LogP contribution in [0.3, 0.4) is 0 Å². The zero-order valence-electron chi connectivity index (χ0n) is 15.8. The highest BCUT2D eigenvalue weighted by molar-refractivity contribution is 5.83. The largest absolute Gasteiger partial charge is 0.353 e. The molecule has 142 valence electrons. The lowest BCUT2D eigenvalue weighted by molar-refractivity contribution is -0.156. The van der Waals surface area contributed by atoms with Gasteiger partial charge in [-0.1, -0.05) is 6.07 Å². The van der Waals surface area contributed by atoms with Crippen LogP contribution >= 0.6 is 0 Å². The van der Waals surface area contributed by atoms with Gasteiger partial charge in [0.05, 0.1) is 11.0 Å². The number of nitrogens with one attached hydrogen (secondary N) is 1. The van der Waals surface area contributed by atoms with Crippen molar-refractivity contribution >= 4 is 5.91 Å². The van der Waals surface area contributed by atoms with Crippen LogP contribution in [0, 0.1) is 17.3 Å². The molecule has 4 fully saturated rings. The topological polar surface area (TPSA) is 72.7 Å². The summed E-state index contributed by atoms with van der Waals surface area (Å²) in [5, 5.41) is 7.80. The van der Waals surface area contributed by atoms with Gasteiger partial charge in [-0.2, -0.15) is 5.10 Å². The summed E-state index contributed by atoms with van der Waals surface area (Å²) in [5.41, 5.74) is 0.770. The number of carbonyl (C=O) groups is 1. The third-order valence-corrected chi connectivity index (χ3v) is 7.04. The molecule has 2 aromatic heterocycles. The summed E-state index contributed by atoms with van der Waals surface area (Å²) >= 11 is 0. The van der Waals surface area contributed by atoms with Gasteiger partial charge in [-0.15, -0.1) is 0 Å². The van der Waals surface area contributed by atoms with Crippen molar-refractivity contribution in [1.82, 2.24) is 25.1 Å². The minimum absolute atomic E-state index is 0.0118. The molecule has 2 aromatic rings. The van der Waals surface area contributed by atoms with Gasteiger partial charge in [0.1, 0.15) is 12.7 Å².